The summed E-state index contributed by atoms with van der Waals surface area (Å²) in [6, 6.07) is 4.84. The van der Waals surface area contributed by atoms with E-state index in [0.29, 0.717) is 30.3 Å². The molecule has 2 unspecified atom stereocenters. The van der Waals surface area contributed by atoms with E-state index in [9.17, 15) is 4.79 Å². The largest absolute Gasteiger partial charge is 0.497 e. The number of benzene rings is 1. The van der Waals surface area contributed by atoms with Gasteiger partial charge in [0.1, 0.15) is 11.5 Å². The fourth-order valence-corrected chi connectivity index (χ4v) is 2.22. The van der Waals surface area contributed by atoms with Crippen LogP contribution in [0.1, 0.15) is 17.3 Å². The Hall–Kier alpha value is -1.59. The molecule has 0 spiro atoms. The van der Waals surface area contributed by atoms with Gasteiger partial charge in [0.15, 0.2) is 5.78 Å². The second-order valence-corrected chi connectivity index (χ2v) is 4.93. The topological polar surface area (TPSA) is 70.8 Å². The smallest absolute Gasteiger partial charge is 0.176 e. The number of nitrogens with two attached hydrogens (primary N) is 1. The van der Waals surface area contributed by atoms with Gasteiger partial charge >= 0.3 is 0 Å². The highest BCUT2D eigenvalue weighted by Gasteiger charge is 2.45. The zero-order valence-corrected chi connectivity index (χ0v) is 11.4. The molecule has 0 radical (unpaired) electrons. The predicted octanol–water partition coefficient (Wildman–Crippen LogP) is 1.25. The van der Waals surface area contributed by atoms with Gasteiger partial charge in [-0.25, -0.2) is 0 Å². The maximum Gasteiger partial charge on any atom is 0.176 e. The van der Waals surface area contributed by atoms with E-state index >= 15 is 0 Å². The maximum atomic E-state index is 12.7. The van der Waals surface area contributed by atoms with Crippen molar-refractivity contribution in [1.82, 2.24) is 0 Å². The van der Waals surface area contributed by atoms with E-state index in [1.165, 1.54) is 7.11 Å². The Labute approximate surface area is 112 Å². The highest BCUT2D eigenvalue weighted by molar-refractivity contribution is 6.03. The fraction of sp³-hybridized carbons (Fsp3) is 0.500. The summed E-state index contributed by atoms with van der Waals surface area (Å²) in [6.07, 6.45) is 0. The van der Waals surface area contributed by atoms with Crippen molar-refractivity contribution >= 4 is 5.78 Å². The highest BCUT2D eigenvalue weighted by atomic mass is 16.5. The predicted molar refractivity (Wildman–Crippen MR) is 70.8 cm³/mol. The molecule has 0 bridgehead atoms. The van der Waals surface area contributed by atoms with Crippen molar-refractivity contribution in [3.63, 3.8) is 0 Å². The molecule has 0 aromatic heterocycles. The number of methoxy groups -OCH3 is 2. The Morgan fingerprint density at radius 1 is 1.42 bits per heavy atom. The third-order valence-corrected chi connectivity index (χ3v) is 3.69. The molecule has 5 nitrogen and oxygen atoms in total. The van der Waals surface area contributed by atoms with Gasteiger partial charge in [-0.05, 0) is 25.1 Å². The first kappa shape index (κ1) is 13.8. The van der Waals surface area contributed by atoms with Gasteiger partial charge in [-0.3, -0.25) is 4.79 Å². The molecule has 1 aliphatic rings. The van der Waals surface area contributed by atoms with Crippen LogP contribution in [0.25, 0.3) is 0 Å². The lowest BCUT2D eigenvalue weighted by Gasteiger charge is -2.26. The average molecular weight is 265 g/mol. The van der Waals surface area contributed by atoms with Gasteiger partial charge in [0.2, 0.25) is 0 Å². The van der Waals surface area contributed by atoms with Gasteiger partial charge in [-0.1, -0.05) is 0 Å². The summed E-state index contributed by atoms with van der Waals surface area (Å²) >= 11 is 0. The van der Waals surface area contributed by atoms with Crippen LogP contribution < -0.4 is 15.2 Å². The van der Waals surface area contributed by atoms with Crippen molar-refractivity contribution in [2.24, 2.45) is 11.1 Å². The number of carbonyl (C=O) groups is 1. The van der Waals surface area contributed by atoms with Crippen LogP contribution in [-0.2, 0) is 4.74 Å². The summed E-state index contributed by atoms with van der Waals surface area (Å²) in [5, 5.41) is 0. The van der Waals surface area contributed by atoms with E-state index in [1.807, 2.05) is 6.92 Å². The third kappa shape index (κ3) is 2.31. The third-order valence-electron chi connectivity index (χ3n) is 3.69. The molecule has 2 rings (SSSR count). The first-order chi connectivity index (χ1) is 9.02. The average Bonchev–Trinajstić information content (AvgIpc) is 2.78. The molecular formula is C14H19NO4. The maximum absolute atomic E-state index is 12.7. The van der Waals surface area contributed by atoms with Crippen LogP contribution in [0.2, 0.25) is 0 Å². The molecule has 1 aromatic rings. The second-order valence-electron chi connectivity index (χ2n) is 4.93. The quantitative estimate of drug-likeness (QED) is 0.830. The van der Waals surface area contributed by atoms with Crippen LogP contribution in [0.3, 0.4) is 0 Å². The van der Waals surface area contributed by atoms with Crippen LogP contribution in [0.15, 0.2) is 18.2 Å². The Balaban J connectivity index is 2.42. The molecule has 2 atom stereocenters. The minimum absolute atomic E-state index is 0.0757. The van der Waals surface area contributed by atoms with Gasteiger partial charge in [-0.15, -0.1) is 0 Å². The minimum Gasteiger partial charge on any atom is -0.497 e. The van der Waals surface area contributed by atoms with E-state index in [-0.39, 0.29) is 11.8 Å². The molecule has 0 aliphatic carbocycles. The molecular weight excluding hydrogens is 246 g/mol. The fourth-order valence-electron chi connectivity index (χ4n) is 2.22. The first-order valence-electron chi connectivity index (χ1n) is 6.13. The molecule has 1 heterocycles. The molecule has 104 valence electrons. The van der Waals surface area contributed by atoms with Crippen molar-refractivity contribution < 1.29 is 19.0 Å². The molecule has 1 aliphatic heterocycles. The van der Waals surface area contributed by atoms with Gasteiger partial charge in [0.25, 0.3) is 0 Å². The Morgan fingerprint density at radius 3 is 2.68 bits per heavy atom. The summed E-state index contributed by atoms with van der Waals surface area (Å²) in [6.45, 7) is 2.55. The molecule has 1 aromatic carbocycles. The van der Waals surface area contributed by atoms with Crippen molar-refractivity contribution in [3.05, 3.63) is 23.8 Å². The SMILES string of the molecule is COc1ccc(OC)c(C(=O)C2(C)COCC2N)c1. The van der Waals surface area contributed by atoms with Crippen molar-refractivity contribution in [3.8, 4) is 11.5 Å². The lowest BCUT2D eigenvalue weighted by atomic mass is 9.78. The molecule has 2 N–H and O–H groups in total. The normalized spacial score (nSPS) is 26.2. The van der Waals surface area contributed by atoms with Gasteiger partial charge in [0, 0.05) is 6.04 Å². The minimum atomic E-state index is -0.723. The van der Waals surface area contributed by atoms with Gasteiger partial charge in [0.05, 0.1) is 38.4 Å². The Bertz CT molecular complexity index is 488. The van der Waals surface area contributed by atoms with E-state index < -0.39 is 5.41 Å². The van der Waals surface area contributed by atoms with Crippen molar-refractivity contribution in [2.75, 3.05) is 27.4 Å². The number of rotatable bonds is 4. The Morgan fingerprint density at radius 2 is 2.16 bits per heavy atom. The van der Waals surface area contributed by atoms with E-state index in [2.05, 4.69) is 0 Å². The summed E-state index contributed by atoms with van der Waals surface area (Å²) in [5.41, 5.74) is 5.75. The van der Waals surface area contributed by atoms with Gasteiger partial charge < -0.3 is 19.9 Å². The molecule has 19 heavy (non-hydrogen) atoms. The number of hydrogen-bond donors (Lipinski definition) is 1. The molecule has 0 saturated carbocycles. The summed E-state index contributed by atoms with van der Waals surface area (Å²) in [5.74, 6) is 1.06. The number of carbonyl (C=O) groups excluding carboxylic acids is 1. The van der Waals surface area contributed by atoms with Crippen molar-refractivity contribution in [1.29, 1.82) is 0 Å². The summed E-state index contributed by atoms with van der Waals surface area (Å²) < 4.78 is 15.7. The van der Waals surface area contributed by atoms with Crippen LogP contribution in [0, 0.1) is 5.41 Å². The van der Waals surface area contributed by atoms with Crippen LogP contribution in [0.4, 0.5) is 0 Å². The highest BCUT2D eigenvalue weighted by Crippen LogP contribution is 2.35. The second kappa shape index (κ2) is 5.19. The van der Waals surface area contributed by atoms with E-state index in [4.69, 9.17) is 19.9 Å². The zero-order valence-electron chi connectivity index (χ0n) is 11.4. The van der Waals surface area contributed by atoms with Crippen molar-refractivity contribution in [2.45, 2.75) is 13.0 Å². The monoisotopic (exact) mass is 265 g/mol. The molecule has 0 amide bonds. The molecule has 1 fully saturated rings. The van der Waals surface area contributed by atoms with Gasteiger partial charge in [-0.2, -0.15) is 0 Å². The number of ether oxygens (including phenoxy) is 3. The van der Waals surface area contributed by atoms with Crippen LogP contribution in [-0.4, -0.2) is 39.3 Å². The van der Waals surface area contributed by atoms with E-state index in [1.54, 1.807) is 25.3 Å². The molecule has 1 saturated heterocycles. The number of ketones is 1. The zero-order chi connectivity index (χ0) is 14.0. The summed E-state index contributed by atoms with van der Waals surface area (Å²) in [7, 11) is 3.09. The van der Waals surface area contributed by atoms with Crippen LogP contribution in [0.5, 0.6) is 11.5 Å². The van der Waals surface area contributed by atoms with Crippen LogP contribution >= 0.6 is 0 Å². The number of hydrogen-bond acceptors (Lipinski definition) is 5. The Kier molecular flexibility index (Phi) is 3.78. The first-order valence-corrected chi connectivity index (χ1v) is 6.13. The van der Waals surface area contributed by atoms with E-state index in [0.717, 1.165) is 0 Å². The lowest BCUT2D eigenvalue weighted by Crippen LogP contribution is -2.44. The molecule has 5 heteroatoms. The summed E-state index contributed by atoms with van der Waals surface area (Å²) in [4.78, 5) is 12.7. The standard InChI is InChI=1S/C14H19NO4/c1-14(8-19-7-12(14)15)13(16)10-6-9(17-2)4-5-11(10)18-3/h4-6,12H,7-8,15H2,1-3H3. The lowest BCUT2D eigenvalue weighted by molar-refractivity contribution is 0.0764. The number of Topliss-reactive ketones (excluding diaryl/α,β-unsaturated/α-hetero) is 1.